The summed E-state index contributed by atoms with van der Waals surface area (Å²) in [5, 5.41) is 8.86. The fourth-order valence-electron chi connectivity index (χ4n) is 1.83. The Morgan fingerprint density at radius 2 is 2.10 bits per heavy atom. The van der Waals surface area contributed by atoms with E-state index in [0.717, 1.165) is 6.07 Å². The Kier molecular flexibility index (Phi) is 5.11. The quantitative estimate of drug-likeness (QED) is 0.860. The van der Waals surface area contributed by atoms with Gasteiger partial charge in [0.25, 0.3) is 0 Å². The molecule has 0 aliphatic carbocycles. The fourth-order valence-corrected chi connectivity index (χ4v) is 1.83. The summed E-state index contributed by atoms with van der Waals surface area (Å²) in [5.74, 6) is -0.570. The van der Waals surface area contributed by atoms with Crippen molar-refractivity contribution in [3.8, 4) is 6.07 Å². The molecule has 1 rings (SSSR count). The van der Waals surface area contributed by atoms with Crippen LogP contribution in [0.5, 0.6) is 0 Å². The van der Waals surface area contributed by atoms with Crippen molar-refractivity contribution in [1.29, 1.82) is 5.26 Å². The molecule has 4 nitrogen and oxygen atoms in total. The molecule has 0 spiro atoms. The van der Waals surface area contributed by atoms with Gasteiger partial charge in [0, 0.05) is 6.54 Å². The Balaban J connectivity index is 3.27. The average molecular weight is 286 g/mol. The number of hydrogen-bond donors (Lipinski definition) is 1. The van der Waals surface area contributed by atoms with Crippen LogP contribution in [0.4, 0.5) is 13.2 Å². The summed E-state index contributed by atoms with van der Waals surface area (Å²) < 4.78 is 43.4. The first-order chi connectivity index (χ1) is 9.33. The van der Waals surface area contributed by atoms with E-state index in [1.807, 2.05) is 0 Å². The van der Waals surface area contributed by atoms with Gasteiger partial charge >= 0.3 is 12.1 Å². The van der Waals surface area contributed by atoms with Gasteiger partial charge in [0.1, 0.15) is 0 Å². The van der Waals surface area contributed by atoms with Crippen molar-refractivity contribution in [2.45, 2.75) is 26.1 Å². The van der Waals surface area contributed by atoms with Crippen LogP contribution in [0.3, 0.4) is 0 Å². The number of nitrogens with zero attached hydrogens (tertiary/aromatic N) is 1. The number of ether oxygens (including phenoxy) is 1. The molecule has 0 amide bonds. The number of carbonyl (C=O) groups is 1. The normalized spacial score (nSPS) is 11.0. The minimum Gasteiger partial charge on any atom is -0.466 e. The average Bonchev–Trinajstić information content (AvgIpc) is 2.36. The summed E-state index contributed by atoms with van der Waals surface area (Å²) in [7, 11) is 0. The summed E-state index contributed by atoms with van der Waals surface area (Å²) in [6.45, 7) is 1.42. The van der Waals surface area contributed by atoms with E-state index >= 15 is 0 Å². The molecule has 108 valence electrons. The van der Waals surface area contributed by atoms with E-state index < -0.39 is 23.3 Å². The minimum atomic E-state index is -4.66. The van der Waals surface area contributed by atoms with E-state index in [2.05, 4.69) is 0 Å². The maximum absolute atomic E-state index is 12.9. The van der Waals surface area contributed by atoms with Gasteiger partial charge in [0.15, 0.2) is 0 Å². The van der Waals surface area contributed by atoms with Gasteiger partial charge in [0.2, 0.25) is 0 Å². The van der Waals surface area contributed by atoms with E-state index in [-0.39, 0.29) is 30.7 Å². The second-order valence-corrected chi connectivity index (χ2v) is 3.97. The van der Waals surface area contributed by atoms with Crippen LogP contribution in [0.25, 0.3) is 0 Å². The lowest BCUT2D eigenvalue weighted by Crippen LogP contribution is -2.16. The molecular weight excluding hydrogens is 273 g/mol. The zero-order valence-corrected chi connectivity index (χ0v) is 10.8. The molecule has 20 heavy (non-hydrogen) atoms. The largest absolute Gasteiger partial charge is 0.466 e. The summed E-state index contributed by atoms with van der Waals surface area (Å²) in [6, 6.07) is 3.72. The number of esters is 1. The lowest BCUT2D eigenvalue weighted by molar-refractivity contribution is -0.142. The summed E-state index contributed by atoms with van der Waals surface area (Å²) in [6.07, 6.45) is -4.87. The molecule has 0 saturated carbocycles. The maximum atomic E-state index is 12.9. The van der Waals surface area contributed by atoms with Gasteiger partial charge in [-0.25, -0.2) is 0 Å². The van der Waals surface area contributed by atoms with E-state index in [0.29, 0.717) is 0 Å². The first kappa shape index (κ1) is 16.0. The van der Waals surface area contributed by atoms with Crippen molar-refractivity contribution in [3.63, 3.8) is 0 Å². The lowest BCUT2D eigenvalue weighted by atomic mass is 9.96. The summed E-state index contributed by atoms with van der Waals surface area (Å²) in [5.41, 5.74) is 3.78. The SMILES string of the molecule is CCOC(=O)Cc1cc(C#N)c(C(F)(F)F)c(CN)c1. The van der Waals surface area contributed by atoms with Crippen molar-refractivity contribution < 1.29 is 22.7 Å². The van der Waals surface area contributed by atoms with E-state index in [1.165, 1.54) is 12.1 Å². The molecule has 0 fully saturated rings. The van der Waals surface area contributed by atoms with Gasteiger partial charge in [-0.15, -0.1) is 0 Å². The predicted octanol–water partition coefficient (Wildman–Crippen LogP) is 2.14. The molecule has 1 aromatic rings. The monoisotopic (exact) mass is 286 g/mol. The molecule has 0 aliphatic heterocycles. The first-order valence-electron chi connectivity index (χ1n) is 5.82. The molecule has 7 heteroatoms. The zero-order chi connectivity index (χ0) is 15.3. The molecule has 1 aromatic carbocycles. The number of nitrogens with two attached hydrogens (primary N) is 1. The zero-order valence-electron chi connectivity index (χ0n) is 10.8. The van der Waals surface area contributed by atoms with Gasteiger partial charge in [-0.3, -0.25) is 4.79 Å². The molecule has 0 radical (unpaired) electrons. The van der Waals surface area contributed by atoms with E-state index in [4.69, 9.17) is 15.7 Å². The van der Waals surface area contributed by atoms with Gasteiger partial charge in [-0.05, 0) is 24.1 Å². The molecule has 0 heterocycles. The molecule has 0 aliphatic rings. The molecule has 2 N–H and O–H groups in total. The number of alkyl halides is 3. The number of rotatable bonds is 4. The van der Waals surface area contributed by atoms with Gasteiger partial charge < -0.3 is 10.5 Å². The van der Waals surface area contributed by atoms with Crippen molar-refractivity contribution in [2.75, 3.05) is 6.61 Å². The summed E-state index contributed by atoms with van der Waals surface area (Å²) >= 11 is 0. The van der Waals surface area contributed by atoms with Crippen LogP contribution in [0, 0.1) is 11.3 Å². The predicted molar refractivity (Wildman–Crippen MR) is 64.4 cm³/mol. The Labute approximate surface area is 113 Å². The van der Waals surface area contributed by atoms with Crippen molar-refractivity contribution in [1.82, 2.24) is 0 Å². The molecule has 0 unspecified atom stereocenters. The number of halogens is 3. The fraction of sp³-hybridized carbons (Fsp3) is 0.385. The summed E-state index contributed by atoms with van der Waals surface area (Å²) in [4.78, 5) is 11.3. The Bertz CT molecular complexity index is 548. The highest BCUT2D eigenvalue weighted by molar-refractivity contribution is 5.73. The van der Waals surface area contributed by atoms with Crippen LogP contribution in [0.2, 0.25) is 0 Å². The Morgan fingerprint density at radius 3 is 2.55 bits per heavy atom. The van der Waals surface area contributed by atoms with Crippen molar-refractivity contribution in [2.24, 2.45) is 5.73 Å². The van der Waals surface area contributed by atoms with Crippen molar-refractivity contribution >= 4 is 5.97 Å². The highest BCUT2D eigenvalue weighted by atomic mass is 19.4. The van der Waals surface area contributed by atoms with E-state index in [9.17, 15) is 18.0 Å². The highest BCUT2D eigenvalue weighted by Crippen LogP contribution is 2.35. The van der Waals surface area contributed by atoms with Gasteiger partial charge in [0.05, 0.1) is 30.2 Å². The number of hydrogen-bond acceptors (Lipinski definition) is 4. The molecular formula is C13H13F3N2O2. The topological polar surface area (TPSA) is 76.1 Å². The third-order valence-electron chi connectivity index (χ3n) is 2.56. The Morgan fingerprint density at radius 1 is 1.45 bits per heavy atom. The molecule has 0 aromatic heterocycles. The number of carbonyl (C=O) groups excluding carboxylic acids is 1. The maximum Gasteiger partial charge on any atom is 0.417 e. The van der Waals surface area contributed by atoms with E-state index in [1.54, 1.807) is 6.92 Å². The van der Waals surface area contributed by atoms with Crippen LogP contribution in [0.1, 0.15) is 29.2 Å². The molecule has 0 bridgehead atoms. The van der Waals surface area contributed by atoms with Gasteiger partial charge in [-0.2, -0.15) is 18.4 Å². The van der Waals surface area contributed by atoms with Crippen LogP contribution < -0.4 is 5.73 Å². The lowest BCUT2D eigenvalue weighted by Gasteiger charge is -2.15. The smallest absolute Gasteiger partial charge is 0.417 e. The third-order valence-corrected chi connectivity index (χ3v) is 2.56. The Hall–Kier alpha value is -2.07. The minimum absolute atomic E-state index is 0.175. The first-order valence-corrected chi connectivity index (χ1v) is 5.82. The van der Waals surface area contributed by atoms with Crippen LogP contribution in [0.15, 0.2) is 12.1 Å². The third kappa shape index (κ3) is 3.71. The second-order valence-electron chi connectivity index (χ2n) is 3.97. The van der Waals surface area contributed by atoms with Crippen molar-refractivity contribution in [3.05, 3.63) is 34.4 Å². The van der Waals surface area contributed by atoms with Crippen LogP contribution >= 0.6 is 0 Å². The highest BCUT2D eigenvalue weighted by Gasteiger charge is 2.36. The second kappa shape index (κ2) is 6.39. The van der Waals surface area contributed by atoms with Gasteiger partial charge in [-0.1, -0.05) is 6.07 Å². The number of benzene rings is 1. The molecule has 0 atom stereocenters. The van der Waals surface area contributed by atoms with Crippen LogP contribution in [-0.2, 0) is 28.7 Å². The number of nitriles is 1. The standard InChI is InChI=1S/C13H13F3N2O2/c1-2-20-11(19)5-8-3-9(6-17)12(13(14,15)16)10(4-8)7-18/h3-4H,2,5-6,17H2,1H3. The van der Waals surface area contributed by atoms with Crippen LogP contribution in [-0.4, -0.2) is 12.6 Å². The molecule has 0 saturated heterocycles.